The summed E-state index contributed by atoms with van der Waals surface area (Å²) in [5.74, 6) is 0.0888. The van der Waals surface area contributed by atoms with Gasteiger partial charge in [0.25, 0.3) is 5.91 Å². The number of carbonyl (C=O) groups is 2. The molecule has 1 saturated heterocycles. The van der Waals surface area contributed by atoms with Crippen LogP contribution >= 0.6 is 0 Å². The number of carbonyl (C=O) groups excluding carboxylic acids is 2. The van der Waals surface area contributed by atoms with Crippen molar-refractivity contribution >= 4 is 11.7 Å². The van der Waals surface area contributed by atoms with E-state index in [1.165, 1.54) is 6.92 Å². The minimum absolute atomic E-state index is 0.0207. The zero-order valence-corrected chi connectivity index (χ0v) is 10.6. The van der Waals surface area contributed by atoms with Gasteiger partial charge in [-0.15, -0.1) is 0 Å². The molecule has 0 spiro atoms. The van der Waals surface area contributed by atoms with Crippen LogP contribution in [0.25, 0.3) is 0 Å². The van der Waals surface area contributed by atoms with Crippen LogP contribution in [0.15, 0.2) is 12.3 Å². The van der Waals surface area contributed by atoms with Crippen LogP contribution in [-0.2, 0) is 0 Å². The van der Waals surface area contributed by atoms with E-state index >= 15 is 0 Å². The van der Waals surface area contributed by atoms with Crippen molar-refractivity contribution in [2.75, 3.05) is 13.2 Å². The van der Waals surface area contributed by atoms with Gasteiger partial charge in [-0.3, -0.25) is 9.59 Å². The van der Waals surface area contributed by atoms with E-state index in [2.05, 4.69) is 4.98 Å². The van der Waals surface area contributed by atoms with Gasteiger partial charge >= 0.3 is 0 Å². The van der Waals surface area contributed by atoms with Gasteiger partial charge in [-0.05, 0) is 25.3 Å². The van der Waals surface area contributed by atoms with E-state index in [4.69, 9.17) is 0 Å². The van der Waals surface area contributed by atoms with Crippen molar-refractivity contribution in [3.05, 3.63) is 23.5 Å². The van der Waals surface area contributed by atoms with Crippen molar-refractivity contribution in [3.63, 3.8) is 0 Å². The smallest absolute Gasteiger partial charge is 0.270 e. The molecule has 0 radical (unpaired) electrons. The fraction of sp³-hybridized carbons (Fsp3) is 0.538. The Balaban J connectivity index is 2.18. The van der Waals surface area contributed by atoms with Crippen molar-refractivity contribution in [3.8, 4) is 0 Å². The third-order valence-electron chi connectivity index (χ3n) is 3.65. The molecule has 5 nitrogen and oxygen atoms in total. The highest BCUT2D eigenvalue weighted by Gasteiger charge is 2.34. The molecule has 0 saturated carbocycles. The highest BCUT2D eigenvalue weighted by molar-refractivity contribution is 5.99. The Kier molecular flexibility index (Phi) is 3.52. The van der Waals surface area contributed by atoms with Gasteiger partial charge < -0.3 is 15.0 Å². The molecule has 5 heteroatoms. The standard InChI is InChI=1S/C13H18N2O3/c1-8-3-4-15(12(8)7-16)13(18)11-5-10(6-14-11)9(2)17/h5-6,8,12,14,16H,3-4,7H2,1-2H3. The maximum absolute atomic E-state index is 12.3. The van der Waals surface area contributed by atoms with Crippen LogP contribution in [0.2, 0.25) is 0 Å². The van der Waals surface area contributed by atoms with E-state index in [1.54, 1.807) is 17.2 Å². The number of ketones is 1. The van der Waals surface area contributed by atoms with Gasteiger partial charge in [0.2, 0.25) is 0 Å². The highest BCUT2D eigenvalue weighted by atomic mass is 16.3. The van der Waals surface area contributed by atoms with Crippen LogP contribution in [0.5, 0.6) is 0 Å². The first-order valence-corrected chi connectivity index (χ1v) is 6.15. The second kappa shape index (κ2) is 4.94. The van der Waals surface area contributed by atoms with Crippen molar-refractivity contribution in [1.82, 2.24) is 9.88 Å². The number of likely N-dealkylation sites (tertiary alicyclic amines) is 1. The summed E-state index contributed by atoms with van der Waals surface area (Å²) in [5, 5.41) is 9.34. The predicted octanol–water partition coefficient (Wildman–Crippen LogP) is 1.06. The molecule has 2 unspecified atom stereocenters. The Hall–Kier alpha value is -1.62. The molecule has 1 amide bonds. The topological polar surface area (TPSA) is 73.4 Å². The van der Waals surface area contributed by atoms with E-state index in [9.17, 15) is 14.7 Å². The highest BCUT2D eigenvalue weighted by Crippen LogP contribution is 2.25. The zero-order valence-electron chi connectivity index (χ0n) is 10.6. The lowest BCUT2D eigenvalue weighted by molar-refractivity contribution is 0.0643. The van der Waals surface area contributed by atoms with E-state index in [0.717, 1.165) is 6.42 Å². The Morgan fingerprint density at radius 1 is 1.56 bits per heavy atom. The maximum Gasteiger partial charge on any atom is 0.270 e. The summed E-state index contributed by atoms with van der Waals surface area (Å²) in [6, 6.07) is 1.45. The molecule has 98 valence electrons. The number of amides is 1. The fourth-order valence-corrected chi connectivity index (χ4v) is 2.41. The zero-order chi connectivity index (χ0) is 13.3. The average Bonchev–Trinajstić information content (AvgIpc) is 2.94. The number of hydrogen-bond acceptors (Lipinski definition) is 3. The summed E-state index contributed by atoms with van der Waals surface area (Å²) < 4.78 is 0. The number of nitrogens with zero attached hydrogens (tertiary/aromatic N) is 1. The molecule has 18 heavy (non-hydrogen) atoms. The number of rotatable bonds is 3. The Morgan fingerprint density at radius 2 is 2.28 bits per heavy atom. The van der Waals surface area contributed by atoms with Crippen molar-refractivity contribution in [1.29, 1.82) is 0 Å². The van der Waals surface area contributed by atoms with Gasteiger partial charge in [-0.25, -0.2) is 0 Å². The second-order valence-electron chi connectivity index (χ2n) is 4.87. The Labute approximate surface area is 106 Å². The van der Waals surface area contributed by atoms with Gasteiger partial charge in [0, 0.05) is 18.3 Å². The molecule has 0 aromatic carbocycles. The molecule has 0 aliphatic carbocycles. The number of Topliss-reactive ketones (excluding diaryl/α,β-unsaturated/α-hetero) is 1. The number of nitrogens with one attached hydrogen (secondary N) is 1. The molecule has 2 N–H and O–H groups in total. The molecule has 0 bridgehead atoms. The number of aliphatic hydroxyl groups is 1. The monoisotopic (exact) mass is 250 g/mol. The minimum atomic E-state index is -0.147. The fourth-order valence-electron chi connectivity index (χ4n) is 2.41. The lowest BCUT2D eigenvalue weighted by atomic mass is 10.0. The second-order valence-corrected chi connectivity index (χ2v) is 4.87. The largest absolute Gasteiger partial charge is 0.394 e. The molecular formula is C13H18N2O3. The molecule has 1 aliphatic rings. The molecular weight excluding hydrogens is 232 g/mol. The minimum Gasteiger partial charge on any atom is -0.394 e. The van der Waals surface area contributed by atoms with Gasteiger partial charge in [-0.1, -0.05) is 6.92 Å². The molecule has 1 aromatic heterocycles. The van der Waals surface area contributed by atoms with Gasteiger partial charge in [0.15, 0.2) is 5.78 Å². The van der Waals surface area contributed by atoms with Gasteiger partial charge in [0.1, 0.15) is 5.69 Å². The maximum atomic E-state index is 12.3. The first kappa shape index (κ1) is 12.8. The molecule has 2 heterocycles. The number of aromatic nitrogens is 1. The van der Waals surface area contributed by atoms with Crippen LogP contribution in [-0.4, -0.2) is 45.9 Å². The summed E-state index contributed by atoms with van der Waals surface area (Å²) in [7, 11) is 0. The first-order valence-electron chi connectivity index (χ1n) is 6.15. The van der Waals surface area contributed by atoms with Crippen LogP contribution in [0, 0.1) is 5.92 Å². The molecule has 1 aliphatic heterocycles. The Morgan fingerprint density at radius 3 is 2.83 bits per heavy atom. The number of aromatic amines is 1. The number of H-pyrrole nitrogens is 1. The normalized spacial score (nSPS) is 23.4. The quantitative estimate of drug-likeness (QED) is 0.788. The van der Waals surface area contributed by atoms with E-state index < -0.39 is 0 Å². The third kappa shape index (κ3) is 2.18. The van der Waals surface area contributed by atoms with Gasteiger partial charge in [0.05, 0.1) is 12.6 Å². The van der Waals surface area contributed by atoms with E-state index in [-0.39, 0.29) is 24.3 Å². The molecule has 2 atom stereocenters. The van der Waals surface area contributed by atoms with Crippen LogP contribution < -0.4 is 0 Å². The summed E-state index contributed by atoms with van der Waals surface area (Å²) >= 11 is 0. The SMILES string of the molecule is CC(=O)c1c[nH]c(C(=O)N2CCC(C)C2CO)c1. The number of aliphatic hydroxyl groups excluding tert-OH is 1. The van der Waals surface area contributed by atoms with Crippen LogP contribution in [0.1, 0.15) is 41.1 Å². The summed E-state index contributed by atoms with van der Waals surface area (Å²) in [6.45, 7) is 4.13. The van der Waals surface area contributed by atoms with E-state index in [1.807, 2.05) is 6.92 Å². The average molecular weight is 250 g/mol. The van der Waals surface area contributed by atoms with Crippen LogP contribution in [0.4, 0.5) is 0 Å². The van der Waals surface area contributed by atoms with E-state index in [0.29, 0.717) is 23.7 Å². The lowest BCUT2D eigenvalue weighted by Crippen LogP contribution is -2.39. The lowest BCUT2D eigenvalue weighted by Gasteiger charge is -2.24. The van der Waals surface area contributed by atoms with Crippen molar-refractivity contribution in [2.24, 2.45) is 5.92 Å². The van der Waals surface area contributed by atoms with Gasteiger partial charge in [-0.2, -0.15) is 0 Å². The molecule has 1 aromatic rings. The number of hydrogen-bond donors (Lipinski definition) is 2. The summed E-state index contributed by atoms with van der Waals surface area (Å²) in [4.78, 5) is 28.0. The first-order chi connectivity index (χ1) is 8.54. The molecule has 2 rings (SSSR count). The summed E-state index contributed by atoms with van der Waals surface area (Å²) in [6.07, 6.45) is 2.44. The van der Waals surface area contributed by atoms with Crippen molar-refractivity contribution in [2.45, 2.75) is 26.3 Å². The van der Waals surface area contributed by atoms with Crippen LogP contribution in [0.3, 0.4) is 0 Å². The summed E-state index contributed by atoms with van der Waals surface area (Å²) in [5.41, 5.74) is 0.916. The predicted molar refractivity (Wildman–Crippen MR) is 66.5 cm³/mol. The molecule has 1 fully saturated rings. The van der Waals surface area contributed by atoms with Crippen molar-refractivity contribution < 1.29 is 14.7 Å². The Bertz CT molecular complexity index is 467. The third-order valence-corrected chi connectivity index (χ3v) is 3.65.